The molecule has 6 rings (SSSR count). The molecule has 51 heavy (non-hydrogen) atoms. The van der Waals surface area contributed by atoms with Gasteiger partial charge >= 0.3 is 11.9 Å². The standard InChI is InChI=1S/C18H13FN2O4S2.C14H16FNO6S2/c1-10-17(12-8-11(19)6-7-14(12)21(10)9-16(22)23)27(24,25)18-20-13-4-2-3-5-15(13)26-18;1-9-14(24(21,22)6-5-23(2,19)20)11-7-10(15)3-4-12(11)16(9)8-13(17)18/h2-8H,9H2,1H3,(H,22,23);3-4,7H,5-6,8H2,1-2H3,(H,17,18). The molecule has 270 valence electrons. The van der Waals surface area contributed by atoms with Crippen LogP contribution in [-0.4, -0.2) is 79.3 Å². The Labute approximate surface area is 294 Å². The average molecular weight is 782 g/mol. The highest BCUT2D eigenvalue weighted by Crippen LogP contribution is 2.37. The highest BCUT2D eigenvalue weighted by molar-refractivity contribution is 7.95. The van der Waals surface area contributed by atoms with Crippen LogP contribution in [0.5, 0.6) is 0 Å². The van der Waals surface area contributed by atoms with Gasteiger partial charge in [0, 0.05) is 28.4 Å². The molecule has 0 saturated heterocycles. The quantitative estimate of drug-likeness (QED) is 0.197. The Morgan fingerprint density at radius 3 is 1.73 bits per heavy atom. The molecule has 3 heterocycles. The smallest absolute Gasteiger partial charge is 0.323 e. The van der Waals surface area contributed by atoms with Crippen molar-refractivity contribution < 1.29 is 53.8 Å². The van der Waals surface area contributed by atoms with Crippen LogP contribution in [0, 0.1) is 25.5 Å². The first-order valence-corrected chi connectivity index (χ1v) is 20.7. The van der Waals surface area contributed by atoms with Crippen molar-refractivity contribution in [1.29, 1.82) is 0 Å². The van der Waals surface area contributed by atoms with Gasteiger partial charge in [0.25, 0.3) is 0 Å². The van der Waals surface area contributed by atoms with Gasteiger partial charge in [0.1, 0.15) is 39.5 Å². The van der Waals surface area contributed by atoms with Gasteiger partial charge in [-0.05, 0) is 62.4 Å². The van der Waals surface area contributed by atoms with Crippen LogP contribution in [0.1, 0.15) is 11.4 Å². The number of carboxylic acid groups (broad SMARTS) is 2. The molecule has 0 aliphatic rings. The van der Waals surface area contributed by atoms with Crippen LogP contribution in [0.4, 0.5) is 8.78 Å². The number of benzene rings is 3. The topological polar surface area (TPSA) is 200 Å². The molecule has 2 N–H and O–H groups in total. The lowest BCUT2D eigenvalue weighted by molar-refractivity contribution is -0.138. The molecule has 0 amide bonds. The van der Waals surface area contributed by atoms with E-state index in [-0.39, 0.29) is 41.8 Å². The van der Waals surface area contributed by atoms with Gasteiger partial charge in [0.15, 0.2) is 9.84 Å². The fraction of sp³-hybridized carbons (Fsp3) is 0.219. The van der Waals surface area contributed by atoms with E-state index in [1.165, 1.54) is 41.2 Å². The maximum atomic E-state index is 13.8. The van der Waals surface area contributed by atoms with Crippen molar-refractivity contribution in [1.82, 2.24) is 14.1 Å². The van der Waals surface area contributed by atoms with E-state index in [9.17, 15) is 48.7 Å². The summed E-state index contributed by atoms with van der Waals surface area (Å²) in [5.41, 5.74) is 1.52. The van der Waals surface area contributed by atoms with Gasteiger partial charge in [0.2, 0.25) is 14.2 Å². The minimum atomic E-state index is -4.06. The predicted octanol–water partition coefficient (Wildman–Crippen LogP) is 4.61. The number of carbonyl (C=O) groups is 2. The first-order valence-electron chi connectivity index (χ1n) is 14.7. The molecule has 3 aromatic carbocycles. The minimum absolute atomic E-state index is 0.0438. The second-order valence-corrected chi connectivity index (χ2v) is 18.9. The molecular weight excluding hydrogens is 753 g/mol. The molecular formula is C32H29F2N3O10S4. The number of para-hydroxylation sites is 1. The molecule has 13 nitrogen and oxygen atoms in total. The van der Waals surface area contributed by atoms with Crippen molar-refractivity contribution in [2.75, 3.05) is 17.8 Å². The molecule has 0 unspecified atom stereocenters. The number of rotatable bonds is 10. The van der Waals surface area contributed by atoms with Crippen LogP contribution in [-0.2, 0) is 52.2 Å². The van der Waals surface area contributed by atoms with E-state index in [4.69, 9.17) is 5.11 Å². The van der Waals surface area contributed by atoms with E-state index in [1.54, 1.807) is 24.3 Å². The summed E-state index contributed by atoms with van der Waals surface area (Å²) in [6.45, 7) is 2.01. The first kappa shape index (κ1) is 37.5. The second-order valence-electron chi connectivity index (χ2n) is 11.5. The van der Waals surface area contributed by atoms with E-state index in [2.05, 4.69) is 4.98 Å². The lowest BCUT2D eigenvalue weighted by atomic mass is 10.2. The Morgan fingerprint density at radius 2 is 1.24 bits per heavy atom. The third-order valence-corrected chi connectivity index (χ3v) is 14.3. The molecule has 0 aliphatic heterocycles. The van der Waals surface area contributed by atoms with Gasteiger partial charge in [0.05, 0.1) is 37.7 Å². The highest BCUT2D eigenvalue weighted by atomic mass is 32.2. The molecule has 0 aliphatic carbocycles. The van der Waals surface area contributed by atoms with Crippen molar-refractivity contribution >= 4 is 84.8 Å². The minimum Gasteiger partial charge on any atom is -0.480 e. The van der Waals surface area contributed by atoms with E-state index in [1.807, 2.05) is 0 Å². The zero-order valence-corrected chi connectivity index (χ0v) is 30.3. The molecule has 0 radical (unpaired) electrons. The summed E-state index contributed by atoms with van der Waals surface area (Å²) < 4.78 is 105. The molecule has 6 aromatic rings. The van der Waals surface area contributed by atoms with Crippen molar-refractivity contribution in [3.05, 3.63) is 83.7 Å². The number of fused-ring (bicyclic) bond motifs is 3. The third-order valence-electron chi connectivity index (χ3n) is 7.85. The Kier molecular flexibility index (Phi) is 10.1. The van der Waals surface area contributed by atoms with Gasteiger partial charge < -0.3 is 19.3 Å². The second kappa shape index (κ2) is 13.8. The third kappa shape index (κ3) is 7.65. The Hall–Kier alpha value is -4.72. The first-order chi connectivity index (χ1) is 23.7. The fourth-order valence-electron chi connectivity index (χ4n) is 5.67. The van der Waals surface area contributed by atoms with Crippen LogP contribution in [0.25, 0.3) is 32.0 Å². The molecule has 3 aromatic heterocycles. The van der Waals surface area contributed by atoms with Crippen molar-refractivity contribution in [2.45, 2.75) is 41.1 Å². The number of hydrogen-bond donors (Lipinski definition) is 2. The largest absolute Gasteiger partial charge is 0.480 e. The maximum Gasteiger partial charge on any atom is 0.323 e. The van der Waals surface area contributed by atoms with Crippen LogP contribution >= 0.6 is 11.3 Å². The summed E-state index contributed by atoms with van der Waals surface area (Å²) in [5, 5.41) is 18.4. The van der Waals surface area contributed by atoms with Crippen LogP contribution in [0.3, 0.4) is 0 Å². The Bertz CT molecular complexity index is 2680. The van der Waals surface area contributed by atoms with Gasteiger partial charge in [-0.2, -0.15) is 0 Å². The number of halogens is 2. The maximum absolute atomic E-state index is 13.8. The van der Waals surface area contributed by atoms with Crippen molar-refractivity contribution in [3.63, 3.8) is 0 Å². The predicted molar refractivity (Wildman–Crippen MR) is 185 cm³/mol. The number of sulfone groups is 3. The van der Waals surface area contributed by atoms with Gasteiger partial charge in [-0.15, -0.1) is 11.3 Å². The fourth-order valence-corrected chi connectivity index (χ4v) is 12.0. The van der Waals surface area contributed by atoms with Gasteiger partial charge in [-0.25, -0.2) is 39.0 Å². The number of nitrogens with zero attached hydrogens (tertiary/aromatic N) is 3. The zero-order chi connectivity index (χ0) is 37.6. The molecule has 0 atom stereocenters. The molecule has 19 heteroatoms. The van der Waals surface area contributed by atoms with Gasteiger partial charge in [-0.1, -0.05) is 12.1 Å². The van der Waals surface area contributed by atoms with Crippen LogP contribution < -0.4 is 0 Å². The summed E-state index contributed by atoms with van der Waals surface area (Å²) >= 11 is 1.03. The summed E-state index contributed by atoms with van der Waals surface area (Å²) in [5.74, 6) is -4.81. The monoisotopic (exact) mass is 781 g/mol. The lowest BCUT2D eigenvalue weighted by Gasteiger charge is -2.06. The van der Waals surface area contributed by atoms with Gasteiger partial charge in [-0.3, -0.25) is 9.59 Å². The number of thiazole rings is 1. The zero-order valence-electron chi connectivity index (χ0n) is 27.0. The van der Waals surface area contributed by atoms with Crippen LogP contribution in [0.2, 0.25) is 0 Å². The number of aromatic nitrogens is 3. The summed E-state index contributed by atoms with van der Waals surface area (Å²) in [6, 6.07) is 14.1. The highest BCUT2D eigenvalue weighted by Gasteiger charge is 2.31. The summed E-state index contributed by atoms with van der Waals surface area (Å²) in [4.78, 5) is 26.1. The molecule has 0 spiro atoms. The summed E-state index contributed by atoms with van der Waals surface area (Å²) in [6.07, 6.45) is 0.919. The molecule has 0 saturated carbocycles. The van der Waals surface area contributed by atoms with Crippen LogP contribution in [0.15, 0.2) is 74.8 Å². The lowest BCUT2D eigenvalue weighted by Crippen LogP contribution is -2.17. The van der Waals surface area contributed by atoms with E-state index < -0.39 is 77.7 Å². The van der Waals surface area contributed by atoms with E-state index in [0.29, 0.717) is 15.7 Å². The SMILES string of the molecule is Cc1c(S(=O)(=O)CCS(C)(=O)=O)c2cc(F)ccc2n1CC(=O)O.Cc1c(S(=O)(=O)c2nc3ccccc3s2)c2cc(F)ccc2n1CC(=O)O. The summed E-state index contributed by atoms with van der Waals surface area (Å²) in [7, 11) is -11.6. The normalized spacial score (nSPS) is 12.3. The van der Waals surface area contributed by atoms with Crippen molar-refractivity contribution in [2.24, 2.45) is 0 Å². The van der Waals surface area contributed by atoms with E-state index >= 15 is 0 Å². The number of hydrogen-bond acceptors (Lipinski definition) is 10. The average Bonchev–Trinajstić information content (AvgIpc) is 3.66. The van der Waals surface area contributed by atoms with E-state index in [0.717, 1.165) is 35.8 Å². The molecule has 0 fully saturated rings. The van der Waals surface area contributed by atoms with Crippen molar-refractivity contribution in [3.8, 4) is 0 Å². The Morgan fingerprint density at radius 1 is 0.745 bits per heavy atom. The number of carboxylic acids is 2. The number of aliphatic carboxylic acids is 2. The Balaban J connectivity index is 0.000000199. The molecule has 0 bridgehead atoms.